The Morgan fingerprint density at radius 2 is 1.78 bits per heavy atom. The molecule has 0 bridgehead atoms. The summed E-state index contributed by atoms with van der Waals surface area (Å²) in [5, 5.41) is 10.8. The van der Waals surface area contributed by atoms with Crippen molar-refractivity contribution in [2.75, 3.05) is 0 Å². The lowest BCUT2D eigenvalue weighted by Gasteiger charge is -2.15. The smallest absolute Gasteiger partial charge is 0.349 e. The average Bonchev–Trinajstić information content (AvgIpc) is 2.35. The summed E-state index contributed by atoms with van der Waals surface area (Å²) in [6, 6.07) is 12.7. The lowest BCUT2D eigenvalue weighted by Crippen LogP contribution is -2.18. The Bertz CT molecular complexity index is 598. The van der Waals surface area contributed by atoms with Crippen LogP contribution in [0, 0.1) is 0 Å². The number of carboxylic acid groups (broad SMARTS) is 1. The zero-order chi connectivity index (χ0) is 13.1. The molecule has 0 amide bonds. The van der Waals surface area contributed by atoms with Gasteiger partial charge in [-0.05, 0) is 10.8 Å². The first-order valence-corrected chi connectivity index (χ1v) is 5.47. The molecule has 0 aliphatic carbocycles. The van der Waals surface area contributed by atoms with E-state index in [2.05, 4.69) is 0 Å². The number of ether oxygens (including phenoxy) is 1. The summed E-state index contributed by atoms with van der Waals surface area (Å²) in [5.74, 6) is -1.79. The molecule has 0 fully saturated rings. The minimum absolute atomic E-state index is 0.482. The van der Waals surface area contributed by atoms with E-state index in [-0.39, 0.29) is 0 Å². The summed E-state index contributed by atoms with van der Waals surface area (Å²) in [4.78, 5) is 22.2. The third-order valence-electron chi connectivity index (χ3n) is 2.61. The van der Waals surface area contributed by atoms with Crippen LogP contribution in [0.25, 0.3) is 10.8 Å². The fraction of sp³-hybridized carbons (Fsp3) is 0.143. The highest BCUT2D eigenvalue weighted by Crippen LogP contribution is 2.26. The predicted octanol–water partition coefficient (Wildman–Crippen LogP) is 2.53. The van der Waals surface area contributed by atoms with Crippen molar-refractivity contribution in [1.29, 1.82) is 0 Å². The molecular weight excluding hydrogens is 232 g/mol. The van der Waals surface area contributed by atoms with E-state index in [1.807, 2.05) is 30.3 Å². The number of rotatable bonds is 3. The second-order valence-corrected chi connectivity index (χ2v) is 3.90. The van der Waals surface area contributed by atoms with Gasteiger partial charge in [0.15, 0.2) is 0 Å². The van der Waals surface area contributed by atoms with Crippen molar-refractivity contribution < 1.29 is 19.4 Å². The number of carboxylic acids is 1. The molecule has 2 rings (SSSR count). The third-order valence-corrected chi connectivity index (χ3v) is 2.61. The number of aliphatic carboxylic acids is 1. The molecule has 0 aromatic heterocycles. The molecule has 2 aromatic carbocycles. The molecule has 0 saturated heterocycles. The molecule has 0 radical (unpaired) electrons. The maximum atomic E-state index is 11.2. The van der Waals surface area contributed by atoms with Crippen molar-refractivity contribution in [3.05, 3.63) is 48.0 Å². The monoisotopic (exact) mass is 244 g/mol. The molecule has 0 saturated carbocycles. The average molecular weight is 244 g/mol. The first-order valence-electron chi connectivity index (χ1n) is 5.47. The van der Waals surface area contributed by atoms with E-state index < -0.39 is 18.0 Å². The second-order valence-electron chi connectivity index (χ2n) is 3.90. The highest BCUT2D eigenvalue weighted by atomic mass is 16.6. The molecule has 0 spiro atoms. The Hall–Kier alpha value is -2.36. The molecule has 0 aliphatic heterocycles. The van der Waals surface area contributed by atoms with E-state index in [0.717, 1.165) is 10.8 Å². The Balaban J connectivity index is 2.57. The van der Waals surface area contributed by atoms with Gasteiger partial charge in [0.05, 0.1) is 0 Å². The molecule has 92 valence electrons. The first-order chi connectivity index (χ1) is 8.59. The molecule has 2 aromatic rings. The number of fused-ring (bicyclic) bond motifs is 1. The molecule has 4 heteroatoms. The quantitative estimate of drug-likeness (QED) is 0.842. The number of carbonyl (C=O) groups is 2. The normalized spacial score (nSPS) is 12.1. The van der Waals surface area contributed by atoms with Crippen molar-refractivity contribution in [2.24, 2.45) is 0 Å². The predicted molar refractivity (Wildman–Crippen MR) is 66.1 cm³/mol. The van der Waals surface area contributed by atoms with Crippen LogP contribution >= 0.6 is 0 Å². The van der Waals surface area contributed by atoms with Gasteiger partial charge in [0.1, 0.15) is 0 Å². The highest BCUT2D eigenvalue weighted by molar-refractivity contribution is 5.90. The van der Waals surface area contributed by atoms with E-state index in [1.165, 1.54) is 6.92 Å². The lowest BCUT2D eigenvalue weighted by molar-refractivity contribution is -0.163. The number of benzene rings is 2. The SMILES string of the molecule is CC(=O)OC(C(=O)O)c1cccc2ccccc12. The van der Waals surface area contributed by atoms with E-state index >= 15 is 0 Å². The van der Waals surface area contributed by atoms with Crippen molar-refractivity contribution >= 4 is 22.7 Å². The van der Waals surface area contributed by atoms with Gasteiger partial charge in [-0.3, -0.25) is 4.79 Å². The zero-order valence-electron chi connectivity index (χ0n) is 9.79. The minimum Gasteiger partial charge on any atom is -0.478 e. The van der Waals surface area contributed by atoms with Gasteiger partial charge in [-0.1, -0.05) is 42.5 Å². The lowest BCUT2D eigenvalue weighted by atomic mass is 10.0. The van der Waals surface area contributed by atoms with Gasteiger partial charge in [-0.15, -0.1) is 0 Å². The maximum absolute atomic E-state index is 11.2. The van der Waals surface area contributed by atoms with Gasteiger partial charge in [-0.2, -0.15) is 0 Å². The number of carbonyl (C=O) groups excluding carboxylic acids is 1. The van der Waals surface area contributed by atoms with E-state index in [4.69, 9.17) is 9.84 Å². The Labute approximate surface area is 104 Å². The van der Waals surface area contributed by atoms with Crippen LogP contribution in [0.3, 0.4) is 0 Å². The highest BCUT2D eigenvalue weighted by Gasteiger charge is 2.24. The fourth-order valence-electron chi connectivity index (χ4n) is 1.89. The molecule has 0 aliphatic rings. The van der Waals surface area contributed by atoms with Gasteiger partial charge in [-0.25, -0.2) is 4.79 Å². The molecule has 1 atom stereocenters. The van der Waals surface area contributed by atoms with Crippen LogP contribution in [0.15, 0.2) is 42.5 Å². The summed E-state index contributed by atoms with van der Waals surface area (Å²) >= 11 is 0. The van der Waals surface area contributed by atoms with Crippen LogP contribution in [-0.2, 0) is 14.3 Å². The second kappa shape index (κ2) is 4.87. The third kappa shape index (κ3) is 2.32. The Morgan fingerprint density at radius 3 is 2.44 bits per heavy atom. The summed E-state index contributed by atoms with van der Waals surface area (Å²) in [7, 11) is 0. The first kappa shape index (κ1) is 12.1. The Kier molecular flexibility index (Phi) is 3.28. The van der Waals surface area contributed by atoms with Gasteiger partial charge in [0.25, 0.3) is 0 Å². The fourth-order valence-corrected chi connectivity index (χ4v) is 1.89. The molecule has 18 heavy (non-hydrogen) atoms. The van der Waals surface area contributed by atoms with Crippen molar-refractivity contribution in [2.45, 2.75) is 13.0 Å². The summed E-state index contributed by atoms with van der Waals surface area (Å²) in [6.07, 6.45) is -1.27. The standard InChI is InChI=1S/C14H12O4/c1-9(15)18-13(14(16)17)12-8-4-6-10-5-2-3-7-11(10)12/h2-8,13H,1H3,(H,16,17). The topological polar surface area (TPSA) is 63.6 Å². The van der Waals surface area contributed by atoms with Gasteiger partial charge in [0, 0.05) is 12.5 Å². The molecule has 4 nitrogen and oxygen atoms in total. The van der Waals surface area contributed by atoms with Crippen LogP contribution in [-0.4, -0.2) is 17.0 Å². The van der Waals surface area contributed by atoms with Gasteiger partial charge in [0.2, 0.25) is 6.10 Å². The zero-order valence-corrected chi connectivity index (χ0v) is 9.79. The van der Waals surface area contributed by atoms with Crippen molar-refractivity contribution in [3.63, 3.8) is 0 Å². The number of hydrogen-bond acceptors (Lipinski definition) is 3. The van der Waals surface area contributed by atoms with Crippen molar-refractivity contribution in [3.8, 4) is 0 Å². The molecule has 1 unspecified atom stereocenters. The molecule has 0 heterocycles. The van der Waals surface area contributed by atoms with Gasteiger partial charge < -0.3 is 9.84 Å². The van der Waals surface area contributed by atoms with Gasteiger partial charge >= 0.3 is 11.9 Å². The van der Waals surface area contributed by atoms with Crippen LogP contribution in [0.2, 0.25) is 0 Å². The summed E-state index contributed by atoms with van der Waals surface area (Å²) < 4.78 is 4.87. The molecular formula is C14H12O4. The van der Waals surface area contributed by atoms with E-state index in [0.29, 0.717) is 5.56 Å². The number of hydrogen-bond donors (Lipinski definition) is 1. The maximum Gasteiger partial charge on any atom is 0.349 e. The largest absolute Gasteiger partial charge is 0.478 e. The number of esters is 1. The van der Waals surface area contributed by atoms with Crippen LogP contribution in [0.4, 0.5) is 0 Å². The summed E-state index contributed by atoms with van der Waals surface area (Å²) in [5.41, 5.74) is 0.482. The van der Waals surface area contributed by atoms with E-state index in [9.17, 15) is 9.59 Å². The van der Waals surface area contributed by atoms with Crippen LogP contribution in [0.1, 0.15) is 18.6 Å². The summed E-state index contributed by atoms with van der Waals surface area (Å²) in [6.45, 7) is 1.20. The van der Waals surface area contributed by atoms with Crippen LogP contribution in [0.5, 0.6) is 0 Å². The van der Waals surface area contributed by atoms with Crippen LogP contribution < -0.4 is 0 Å². The Morgan fingerprint density at radius 1 is 1.11 bits per heavy atom. The molecule has 1 N–H and O–H groups in total. The van der Waals surface area contributed by atoms with Crippen molar-refractivity contribution in [1.82, 2.24) is 0 Å². The minimum atomic E-state index is -1.27. The van der Waals surface area contributed by atoms with E-state index in [1.54, 1.807) is 12.1 Å².